The van der Waals surface area contributed by atoms with Gasteiger partial charge in [0.1, 0.15) is 11.5 Å². The van der Waals surface area contributed by atoms with Crippen LogP contribution in [0.1, 0.15) is 18.9 Å². The van der Waals surface area contributed by atoms with Crippen LogP contribution in [0.4, 0.5) is 0 Å². The summed E-state index contributed by atoms with van der Waals surface area (Å²) in [4.78, 5) is 2.30. The normalized spacial score (nSPS) is 21.3. The minimum atomic E-state index is 0.162. The Morgan fingerprint density at radius 3 is 2.73 bits per heavy atom. The van der Waals surface area contributed by atoms with Gasteiger partial charge >= 0.3 is 0 Å². The lowest BCUT2D eigenvalue weighted by Gasteiger charge is -2.32. The molecule has 1 aromatic rings. The summed E-state index contributed by atoms with van der Waals surface area (Å²) in [5.74, 6) is 1.69. The number of hydrogen-bond donors (Lipinski definition) is 2. The Balaban J connectivity index is 2.12. The van der Waals surface area contributed by atoms with Crippen molar-refractivity contribution >= 4 is 0 Å². The molecule has 0 aromatic heterocycles. The maximum atomic E-state index is 9.39. The van der Waals surface area contributed by atoms with Crippen molar-refractivity contribution in [3.05, 3.63) is 23.8 Å². The summed E-state index contributed by atoms with van der Waals surface area (Å²) in [5.41, 5.74) is 1.35. The zero-order chi connectivity index (χ0) is 16.0. The fraction of sp³-hybridized carbons (Fsp3) is 0.647. The van der Waals surface area contributed by atoms with Gasteiger partial charge in [0.05, 0.1) is 20.8 Å². The first-order valence-corrected chi connectivity index (χ1v) is 7.85. The summed E-state index contributed by atoms with van der Waals surface area (Å²) in [6, 6.07) is 5.85. The molecule has 2 rings (SSSR count). The van der Waals surface area contributed by atoms with Crippen molar-refractivity contribution in [2.24, 2.45) is 5.41 Å². The number of nitrogens with zero attached hydrogens (tertiary/aromatic N) is 1. The Bertz CT molecular complexity index is 473. The highest BCUT2D eigenvalue weighted by Crippen LogP contribution is 2.29. The van der Waals surface area contributed by atoms with Crippen molar-refractivity contribution in [1.29, 1.82) is 0 Å². The number of hydrogen-bond acceptors (Lipinski definition) is 5. The maximum absolute atomic E-state index is 9.39. The molecular weight excluding hydrogens is 280 g/mol. The van der Waals surface area contributed by atoms with Gasteiger partial charge in [-0.05, 0) is 36.6 Å². The number of methoxy groups -OCH3 is 2. The fourth-order valence-electron chi connectivity index (χ4n) is 3.15. The van der Waals surface area contributed by atoms with Crippen LogP contribution in [0.5, 0.6) is 11.5 Å². The van der Waals surface area contributed by atoms with Gasteiger partial charge in [0, 0.05) is 31.7 Å². The van der Waals surface area contributed by atoms with E-state index in [-0.39, 0.29) is 12.0 Å². The zero-order valence-corrected chi connectivity index (χ0v) is 13.9. The number of benzene rings is 1. The van der Waals surface area contributed by atoms with E-state index in [0.717, 1.165) is 43.2 Å². The van der Waals surface area contributed by atoms with Gasteiger partial charge in [-0.25, -0.2) is 0 Å². The SMILES string of the molecule is COc1ccc(OC)c(CN(CCO)CC2(C)CCNC2)c1. The molecule has 5 nitrogen and oxygen atoms in total. The van der Waals surface area contributed by atoms with Crippen LogP contribution in [0.25, 0.3) is 0 Å². The van der Waals surface area contributed by atoms with Crippen LogP contribution >= 0.6 is 0 Å². The molecule has 0 aliphatic carbocycles. The van der Waals surface area contributed by atoms with Crippen molar-refractivity contribution in [3.63, 3.8) is 0 Å². The number of nitrogens with one attached hydrogen (secondary N) is 1. The Hall–Kier alpha value is -1.30. The monoisotopic (exact) mass is 308 g/mol. The van der Waals surface area contributed by atoms with E-state index >= 15 is 0 Å². The summed E-state index contributed by atoms with van der Waals surface area (Å²) < 4.78 is 10.8. The predicted octanol–water partition coefficient (Wildman–Crippen LogP) is 1.50. The van der Waals surface area contributed by atoms with Gasteiger partial charge in [-0.3, -0.25) is 4.90 Å². The number of aliphatic hydroxyl groups excluding tert-OH is 1. The highest BCUT2D eigenvalue weighted by atomic mass is 16.5. The predicted molar refractivity (Wildman–Crippen MR) is 87.5 cm³/mol. The molecule has 2 N–H and O–H groups in total. The molecule has 0 radical (unpaired) electrons. The van der Waals surface area contributed by atoms with Crippen LogP contribution in [0.3, 0.4) is 0 Å². The third kappa shape index (κ3) is 4.35. The molecule has 1 aromatic carbocycles. The van der Waals surface area contributed by atoms with E-state index in [9.17, 15) is 5.11 Å². The molecule has 1 saturated heterocycles. The lowest BCUT2D eigenvalue weighted by molar-refractivity contribution is 0.136. The second-order valence-electron chi connectivity index (χ2n) is 6.35. The maximum Gasteiger partial charge on any atom is 0.123 e. The summed E-state index contributed by atoms with van der Waals surface area (Å²) in [7, 11) is 3.35. The Kier molecular flexibility index (Phi) is 6.06. The standard InChI is InChI=1S/C17H28N2O3/c1-17(6-7-18-12-17)13-19(8-9-20)11-14-10-15(21-2)4-5-16(14)22-3/h4-5,10,18,20H,6-9,11-13H2,1-3H3. The van der Waals surface area contributed by atoms with E-state index in [1.54, 1.807) is 14.2 Å². The van der Waals surface area contributed by atoms with Crippen LogP contribution in [0.2, 0.25) is 0 Å². The van der Waals surface area contributed by atoms with E-state index in [2.05, 4.69) is 17.1 Å². The van der Waals surface area contributed by atoms with E-state index in [0.29, 0.717) is 6.54 Å². The van der Waals surface area contributed by atoms with Crippen LogP contribution in [-0.4, -0.2) is 57.0 Å². The topological polar surface area (TPSA) is 54.0 Å². The highest BCUT2D eigenvalue weighted by molar-refractivity contribution is 5.40. The first kappa shape index (κ1) is 17.1. The molecule has 0 spiro atoms. The van der Waals surface area contributed by atoms with Gasteiger partial charge in [0.15, 0.2) is 0 Å². The Morgan fingerprint density at radius 1 is 1.32 bits per heavy atom. The Morgan fingerprint density at radius 2 is 2.14 bits per heavy atom. The summed E-state index contributed by atoms with van der Waals surface area (Å²) in [5, 5.41) is 12.8. The molecule has 1 aliphatic heterocycles. The van der Waals surface area contributed by atoms with Crippen molar-refractivity contribution < 1.29 is 14.6 Å². The Labute approximate surface area is 133 Å². The van der Waals surface area contributed by atoms with Crippen LogP contribution in [0.15, 0.2) is 18.2 Å². The summed E-state index contributed by atoms with van der Waals surface area (Å²) in [6.07, 6.45) is 1.17. The molecule has 0 saturated carbocycles. The zero-order valence-electron chi connectivity index (χ0n) is 13.9. The first-order valence-electron chi connectivity index (χ1n) is 7.85. The third-order valence-corrected chi connectivity index (χ3v) is 4.36. The minimum absolute atomic E-state index is 0.162. The quantitative estimate of drug-likeness (QED) is 0.762. The molecule has 124 valence electrons. The van der Waals surface area contributed by atoms with E-state index < -0.39 is 0 Å². The van der Waals surface area contributed by atoms with Crippen LogP contribution in [-0.2, 0) is 6.54 Å². The first-order chi connectivity index (χ1) is 10.6. The lowest BCUT2D eigenvalue weighted by atomic mass is 9.89. The molecule has 22 heavy (non-hydrogen) atoms. The molecule has 1 aliphatic rings. The molecule has 1 atom stereocenters. The molecular formula is C17H28N2O3. The molecule has 1 unspecified atom stereocenters. The number of rotatable bonds is 8. The van der Waals surface area contributed by atoms with Crippen molar-refractivity contribution in [2.75, 3.05) is 47.0 Å². The van der Waals surface area contributed by atoms with Crippen LogP contribution in [0, 0.1) is 5.41 Å². The fourth-order valence-corrected chi connectivity index (χ4v) is 3.15. The van der Waals surface area contributed by atoms with E-state index in [1.807, 2.05) is 18.2 Å². The molecule has 0 amide bonds. The second kappa shape index (κ2) is 7.81. The van der Waals surface area contributed by atoms with E-state index in [4.69, 9.17) is 9.47 Å². The molecule has 5 heteroatoms. The smallest absolute Gasteiger partial charge is 0.123 e. The third-order valence-electron chi connectivity index (χ3n) is 4.36. The number of ether oxygens (including phenoxy) is 2. The summed E-state index contributed by atoms with van der Waals surface area (Å²) >= 11 is 0. The average molecular weight is 308 g/mol. The lowest BCUT2D eigenvalue weighted by Crippen LogP contribution is -2.38. The minimum Gasteiger partial charge on any atom is -0.497 e. The van der Waals surface area contributed by atoms with E-state index in [1.165, 1.54) is 6.42 Å². The number of aliphatic hydroxyl groups is 1. The van der Waals surface area contributed by atoms with Crippen LogP contribution < -0.4 is 14.8 Å². The second-order valence-corrected chi connectivity index (χ2v) is 6.35. The highest BCUT2D eigenvalue weighted by Gasteiger charge is 2.30. The average Bonchev–Trinajstić information content (AvgIpc) is 2.93. The largest absolute Gasteiger partial charge is 0.497 e. The van der Waals surface area contributed by atoms with Gasteiger partial charge in [0.25, 0.3) is 0 Å². The van der Waals surface area contributed by atoms with Crippen molar-refractivity contribution in [3.8, 4) is 11.5 Å². The van der Waals surface area contributed by atoms with Crippen molar-refractivity contribution in [1.82, 2.24) is 10.2 Å². The van der Waals surface area contributed by atoms with Gasteiger partial charge in [-0.1, -0.05) is 6.92 Å². The van der Waals surface area contributed by atoms with Gasteiger partial charge in [-0.15, -0.1) is 0 Å². The van der Waals surface area contributed by atoms with Crippen molar-refractivity contribution in [2.45, 2.75) is 19.9 Å². The van der Waals surface area contributed by atoms with Gasteiger partial charge in [0.2, 0.25) is 0 Å². The molecule has 0 bridgehead atoms. The van der Waals surface area contributed by atoms with Gasteiger partial charge in [-0.2, -0.15) is 0 Å². The van der Waals surface area contributed by atoms with Gasteiger partial charge < -0.3 is 19.9 Å². The molecule has 1 heterocycles. The summed E-state index contributed by atoms with van der Waals surface area (Å²) in [6.45, 7) is 6.94. The molecule has 1 fully saturated rings.